The highest BCUT2D eigenvalue weighted by Gasteiger charge is 2.12. The van der Waals surface area contributed by atoms with E-state index in [4.69, 9.17) is 34.8 Å². The van der Waals surface area contributed by atoms with Crippen molar-refractivity contribution in [2.45, 2.75) is 113 Å². The van der Waals surface area contributed by atoms with Crippen LogP contribution >= 0.6 is 34.8 Å². The molecule has 3 heteroatoms. The molecule has 0 aromatic heterocycles. The summed E-state index contributed by atoms with van der Waals surface area (Å²) in [5, 5.41) is -0.0781. The van der Waals surface area contributed by atoms with E-state index >= 15 is 0 Å². The van der Waals surface area contributed by atoms with Gasteiger partial charge >= 0.3 is 0 Å². The van der Waals surface area contributed by atoms with Gasteiger partial charge in [-0.2, -0.15) is 0 Å². The monoisotopic (exact) mass is 356 g/mol. The molecule has 128 valence electrons. The predicted octanol–water partition coefficient (Wildman–Crippen LogP) is 8.27. The smallest absolute Gasteiger partial charge is 0.120 e. The Morgan fingerprint density at radius 1 is 0.524 bits per heavy atom. The van der Waals surface area contributed by atoms with Gasteiger partial charge < -0.3 is 0 Å². The normalized spacial score (nSPS) is 13.0. The summed E-state index contributed by atoms with van der Waals surface area (Å²) in [6.07, 6.45) is 20.3. The summed E-state index contributed by atoms with van der Waals surface area (Å²) in [4.78, 5) is -0.423. The minimum Gasteiger partial charge on any atom is -0.120 e. The summed E-state index contributed by atoms with van der Waals surface area (Å²) in [6.45, 7) is 2.28. The van der Waals surface area contributed by atoms with E-state index in [1.165, 1.54) is 83.5 Å². The summed E-state index contributed by atoms with van der Waals surface area (Å²) in [5.41, 5.74) is 0. The zero-order valence-corrected chi connectivity index (χ0v) is 16.2. The third-order valence-electron chi connectivity index (χ3n) is 4.11. The number of halogens is 3. The Labute approximate surface area is 148 Å². The second-order valence-electron chi connectivity index (χ2n) is 6.24. The second-order valence-corrected chi connectivity index (χ2v) is 7.96. The number of hydrogen-bond acceptors (Lipinski definition) is 0. The van der Waals surface area contributed by atoms with Gasteiger partial charge in [0.15, 0.2) is 0 Å². The van der Waals surface area contributed by atoms with E-state index in [2.05, 4.69) is 6.92 Å². The predicted molar refractivity (Wildman–Crippen MR) is 100 cm³/mol. The molecule has 0 spiro atoms. The van der Waals surface area contributed by atoms with Crippen LogP contribution in [-0.4, -0.2) is 10.2 Å². The van der Waals surface area contributed by atoms with Gasteiger partial charge in [0.05, 0.1) is 5.38 Å². The third kappa shape index (κ3) is 17.1. The van der Waals surface area contributed by atoms with Crippen LogP contribution in [-0.2, 0) is 0 Å². The molecule has 0 aromatic rings. The average Bonchev–Trinajstić information content (AvgIpc) is 2.47. The lowest BCUT2D eigenvalue weighted by Crippen LogP contribution is -2.07. The average molecular weight is 358 g/mol. The summed E-state index contributed by atoms with van der Waals surface area (Å²) < 4.78 is 0. The highest BCUT2D eigenvalue weighted by Crippen LogP contribution is 2.20. The van der Waals surface area contributed by atoms with Crippen molar-refractivity contribution < 1.29 is 0 Å². The molecule has 0 aliphatic heterocycles. The van der Waals surface area contributed by atoms with Gasteiger partial charge in [0.25, 0.3) is 0 Å². The molecule has 0 heterocycles. The molecule has 0 amide bonds. The molecule has 0 rings (SSSR count). The quantitative estimate of drug-likeness (QED) is 0.192. The van der Waals surface area contributed by atoms with Gasteiger partial charge in [-0.1, -0.05) is 96.8 Å². The molecule has 0 aliphatic carbocycles. The van der Waals surface area contributed by atoms with Crippen molar-refractivity contribution in [3.63, 3.8) is 0 Å². The van der Waals surface area contributed by atoms with Crippen LogP contribution < -0.4 is 0 Å². The zero-order chi connectivity index (χ0) is 15.8. The number of rotatable bonds is 16. The lowest BCUT2D eigenvalue weighted by Gasteiger charge is -2.09. The van der Waals surface area contributed by atoms with E-state index in [0.29, 0.717) is 0 Å². The van der Waals surface area contributed by atoms with Crippen LogP contribution in [0.2, 0.25) is 0 Å². The first-order valence-corrected chi connectivity index (χ1v) is 10.4. The molecule has 0 aliphatic rings. The minimum atomic E-state index is -0.423. The van der Waals surface area contributed by atoms with Crippen LogP contribution in [0.5, 0.6) is 0 Å². The Morgan fingerprint density at radius 2 is 0.857 bits per heavy atom. The van der Waals surface area contributed by atoms with Crippen molar-refractivity contribution in [3.8, 4) is 0 Å². The molecular formula is C18H35Cl3. The van der Waals surface area contributed by atoms with Crippen molar-refractivity contribution in [2.24, 2.45) is 0 Å². The lowest BCUT2D eigenvalue weighted by atomic mass is 10.0. The Hall–Kier alpha value is 0.870. The van der Waals surface area contributed by atoms with Crippen LogP contribution in [0.15, 0.2) is 0 Å². The Morgan fingerprint density at radius 3 is 1.19 bits per heavy atom. The SMILES string of the molecule is CCCCCCCCCCCCCCCCC(Cl)C(Cl)Cl. The molecular weight excluding hydrogens is 323 g/mol. The molecule has 0 fully saturated rings. The summed E-state index contributed by atoms with van der Waals surface area (Å²) in [7, 11) is 0. The number of hydrogen-bond donors (Lipinski definition) is 0. The van der Waals surface area contributed by atoms with Crippen LogP contribution in [0.4, 0.5) is 0 Å². The molecule has 0 bridgehead atoms. The topological polar surface area (TPSA) is 0 Å². The molecule has 0 radical (unpaired) electrons. The molecule has 0 N–H and O–H groups in total. The van der Waals surface area contributed by atoms with Gasteiger partial charge in [0, 0.05) is 0 Å². The minimum absolute atomic E-state index is 0.0781. The van der Waals surface area contributed by atoms with Gasteiger partial charge in [0.1, 0.15) is 4.84 Å². The maximum absolute atomic E-state index is 6.00. The van der Waals surface area contributed by atoms with E-state index in [9.17, 15) is 0 Å². The zero-order valence-electron chi connectivity index (χ0n) is 13.9. The number of alkyl halides is 3. The number of unbranched alkanes of at least 4 members (excludes halogenated alkanes) is 13. The molecule has 1 atom stereocenters. The molecule has 0 saturated carbocycles. The Kier molecular flexibility index (Phi) is 17.9. The van der Waals surface area contributed by atoms with Gasteiger partial charge in [-0.05, 0) is 6.42 Å². The fraction of sp³-hybridized carbons (Fsp3) is 1.00. The van der Waals surface area contributed by atoms with E-state index in [-0.39, 0.29) is 5.38 Å². The molecule has 1 unspecified atom stereocenters. The fourth-order valence-electron chi connectivity index (χ4n) is 2.66. The summed E-state index contributed by atoms with van der Waals surface area (Å²) >= 11 is 17.4. The second kappa shape index (κ2) is 17.2. The first kappa shape index (κ1) is 21.9. The van der Waals surface area contributed by atoms with Crippen molar-refractivity contribution in [1.29, 1.82) is 0 Å². The summed E-state index contributed by atoms with van der Waals surface area (Å²) in [5.74, 6) is 0. The molecule has 0 nitrogen and oxygen atoms in total. The molecule has 0 saturated heterocycles. The van der Waals surface area contributed by atoms with Gasteiger partial charge in [-0.25, -0.2) is 0 Å². The van der Waals surface area contributed by atoms with Crippen LogP contribution in [0, 0.1) is 0 Å². The van der Waals surface area contributed by atoms with E-state index in [1.54, 1.807) is 0 Å². The van der Waals surface area contributed by atoms with Crippen LogP contribution in [0.1, 0.15) is 103 Å². The van der Waals surface area contributed by atoms with E-state index < -0.39 is 4.84 Å². The van der Waals surface area contributed by atoms with Crippen molar-refractivity contribution in [1.82, 2.24) is 0 Å². The highest BCUT2D eigenvalue weighted by molar-refractivity contribution is 6.48. The van der Waals surface area contributed by atoms with Gasteiger partial charge in [0.2, 0.25) is 0 Å². The molecule has 0 aromatic carbocycles. The third-order valence-corrected chi connectivity index (χ3v) is 5.44. The maximum atomic E-state index is 6.00. The highest BCUT2D eigenvalue weighted by atomic mass is 35.5. The Bertz CT molecular complexity index is 195. The van der Waals surface area contributed by atoms with E-state index in [0.717, 1.165) is 12.8 Å². The first-order valence-electron chi connectivity index (χ1n) is 9.10. The van der Waals surface area contributed by atoms with Crippen molar-refractivity contribution in [2.75, 3.05) is 0 Å². The van der Waals surface area contributed by atoms with Gasteiger partial charge in [-0.3, -0.25) is 0 Å². The first-order chi connectivity index (χ1) is 10.2. The van der Waals surface area contributed by atoms with Crippen molar-refractivity contribution in [3.05, 3.63) is 0 Å². The fourth-order valence-corrected chi connectivity index (χ4v) is 3.07. The van der Waals surface area contributed by atoms with Crippen LogP contribution in [0.25, 0.3) is 0 Å². The van der Waals surface area contributed by atoms with E-state index in [1.807, 2.05) is 0 Å². The lowest BCUT2D eigenvalue weighted by molar-refractivity contribution is 0.531. The Balaban J connectivity index is 3.03. The standard InChI is InChI=1S/C18H35Cl3/c1-2-3-4-5-6-7-8-9-10-11-12-13-14-15-16-17(19)18(20)21/h17-18H,2-16H2,1H3. The van der Waals surface area contributed by atoms with Gasteiger partial charge in [-0.15, -0.1) is 34.8 Å². The maximum Gasteiger partial charge on any atom is 0.124 e. The van der Waals surface area contributed by atoms with Crippen molar-refractivity contribution >= 4 is 34.8 Å². The summed E-state index contributed by atoms with van der Waals surface area (Å²) in [6, 6.07) is 0. The largest absolute Gasteiger partial charge is 0.124 e. The molecule has 21 heavy (non-hydrogen) atoms. The van der Waals surface area contributed by atoms with Crippen LogP contribution in [0.3, 0.4) is 0 Å².